The molecule has 0 saturated carbocycles. The average molecular weight is 263 g/mol. The highest BCUT2D eigenvalue weighted by molar-refractivity contribution is 5.43. The van der Waals surface area contributed by atoms with Gasteiger partial charge in [0.1, 0.15) is 0 Å². The van der Waals surface area contributed by atoms with E-state index < -0.39 is 0 Å². The summed E-state index contributed by atoms with van der Waals surface area (Å²) in [5, 5.41) is 0. The van der Waals surface area contributed by atoms with Crippen LogP contribution < -0.4 is 9.47 Å². The second kappa shape index (κ2) is 6.80. The molecule has 0 radical (unpaired) electrons. The third kappa shape index (κ3) is 3.63. The summed E-state index contributed by atoms with van der Waals surface area (Å²) in [4.78, 5) is 2.56. The molecule has 1 fully saturated rings. The minimum atomic E-state index is 0.667. The fourth-order valence-electron chi connectivity index (χ4n) is 2.71. The van der Waals surface area contributed by atoms with Crippen LogP contribution in [-0.2, 0) is 6.54 Å². The smallest absolute Gasteiger partial charge is 0.161 e. The van der Waals surface area contributed by atoms with Crippen LogP contribution in [0.5, 0.6) is 11.5 Å². The SMILES string of the molecule is CCOc1cc(CN2CCCC[C@H]2C)ccc1OC. The van der Waals surface area contributed by atoms with Gasteiger partial charge in [-0.2, -0.15) is 0 Å². The molecule has 0 spiro atoms. The Morgan fingerprint density at radius 1 is 1.26 bits per heavy atom. The Balaban J connectivity index is 2.09. The molecule has 0 N–H and O–H groups in total. The molecule has 0 amide bonds. The van der Waals surface area contributed by atoms with E-state index in [-0.39, 0.29) is 0 Å². The van der Waals surface area contributed by atoms with Gasteiger partial charge in [0.15, 0.2) is 11.5 Å². The standard InChI is InChI=1S/C16H25NO2/c1-4-19-16-11-14(8-9-15(16)18-3)12-17-10-6-5-7-13(17)2/h8-9,11,13H,4-7,10,12H2,1-3H3/t13-/m1/s1. The first-order valence-corrected chi connectivity index (χ1v) is 7.28. The zero-order valence-electron chi connectivity index (χ0n) is 12.3. The molecule has 1 saturated heterocycles. The van der Waals surface area contributed by atoms with Crippen molar-refractivity contribution < 1.29 is 9.47 Å². The molecule has 1 atom stereocenters. The topological polar surface area (TPSA) is 21.7 Å². The second-order valence-electron chi connectivity index (χ2n) is 5.23. The van der Waals surface area contributed by atoms with Crippen molar-refractivity contribution in [1.82, 2.24) is 4.90 Å². The minimum absolute atomic E-state index is 0.667. The van der Waals surface area contributed by atoms with E-state index in [4.69, 9.17) is 9.47 Å². The number of hydrogen-bond acceptors (Lipinski definition) is 3. The van der Waals surface area contributed by atoms with Crippen molar-refractivity contribution in [2.45, 2.75) is 45.7 Å². The van der Waals surface area contributed by atoms with Gasteiger partial charge in [-0.15, -0.1) is 0 Å². The summed E-state index contributed by atoms with van der Waals surface area (Å²) in [5.74, 6) is 1.67. The second-order valence-corrected chi connectivity index (χ2v) is 5.23. The number of methoxy groups -OCH3 is 1. The lowest BCUT2D eigenvalue weighted by molar-refractivity contribution is 0.152. The molecule has 2 rings (SSSR count). The molecule has 0 bridgehead atoms. The largest absolute Gasteiger partial charge is 0.493 e. The predicted molar refractivity (Wildman–Crippen MR) is 77.9 cm³/mol. The lowest BCUT2D eigenvalue weighted by Crippen LogP contribution is -2.36. The molecular formula is C16H25NO2. The summed E-state index contributed by atoms with van der Waals surface area (Å²) < 4.78 is 11.0. The molecule has 3 heteroatoms. The molecule has 0 aliphatic carbocycles. The summed E-state index contributed by atoms with van der Waals surface area (Å²) in [6, 6.07) is 6.95. The molecule has 1 aromatic rings. The Hall–Kier alpha value is -1.22. The first-order valence-electron chi connectivity index (χ1n) is 7.28. The number of likely N-dealkylation sites (tertiary alicyclic amines) is 1. The van der Waals surface area contributed by atoms with Crippen molar-refractivity contribution in [3.05, 3.63) is 23.8 Å². The number of rotatable bonds is 5. The third-order valence-corrected chi connectivity index (χ3v) is 3.85. The quantitative estimate of drug-likeness (QED) is 0.812. The Labute approximate surface area is 116 Å². The number of hydrogen-bond donors (Lipinski definition) is 0. The van der Waals surface area contributed by atoms with Crippen molar-refractivity contribution in [2.75, 3.05) is 20.3 Å². The fourth-order valence-corrected chi connectivity index (χ4v) is 2.71. The van der Waals surface area contributed by atoms with E-state index in [0.717, 1.165) is 18.0 Å². The van der Waals surface area contributed by atoms with Crippen LogP contribution in [0.3, 0.4) is 0 Å². The predicted octanol–water partition coefficient (Wildman–Crippen LogP) is 3.47. The number of ether oxygens (including phenoxy) is 2. The molecule has 1 aromatic carbocycles. The van der Waals surface area contributed by atoms with Gasteiger partial charge in [-0.3, -0.25) is 4.90 Å². The molecule has 0 unspecified atom stereocenters. The van der Waals surface area contributed by atoms with E-state index in [2.05, 4.69) is 24.0 Å². The van der Waals surface area contributed by atoms with Crippen molar-refractivity contribution >= 4 is 0 Å². The summed E-state index contributed by atoms with van der Waals surface area (Å²) in [6.07, 6.45) is 4.00. The maximum Gasteiger partial charge on any atom is 0.161 e. The fraction of sp³-hybridized carbons (Fsp3) is 0.625. The van der Waals surface area contributed by atoms with Crippen LogP contribution in [0.1, 0.15) is 38.7 Å². The molecule has 1 aliphatic heterocycles. The van der Waals surface area contributed by atoms with Crippen LogP contribution in [0, 0.1) is 0 Å². The molecule has 3 nitrogen and oxygen atoms in total. The monoisotopic (exact) mass is 263 g/mol. The zero-order chi connectivity index (χ0) is 13.7. The Morgan fingerprint density at radius 3 is 2.79 bits per heavy atom. The lowest BCUT2D eigenvalue weighted by atomic mass is 10.0. The third-order valence-electron chi connectivity index (χ3n) is 3.85. The van der Waals surface area contributed by atoms with E-state index in [0.29, 0.717) is 12.6 Å². The van der Waals surface area contributed by atoms with Gasteiger partial charge >= 0.3 is 0 Å². The summed E-state index contributed by atoms with van der Waals surface area (Å²) in [5.41, 5.74) is 1.30. The zero-order valence-corrected chi connectivity index (χ0v) is 12.3. The first kappa shape index (κ1) is 14.2. The van der Waals surface area contributed by atoms with Gasteiger partial charge < -0.3 is 9.47 Å². The summed E-state index contributed by atoms with van der Waals surface area (Å²) >= 11 is 0. The molecular weight excluding hydrogens is 238 g/mol. The number of piperidine rings is 1. The van der Waals surface area contributed by atoms with Crippen LogP contribution in [-0.4, -0.2) is 31.2 Å². The molecule has 0 aromatic heterocycles. The van der Waals surface area contributed by atoms with Crippen molar-refractivity contribution in [3.63, 3.8) is 0 Å². The van der Waals surface area contributed by atoms with Crippen LogP contribution >= 0.6 is 0 Å². The van der Waals surface area contributed by atoms with Gasteiger partial charge in [0.25, 0.3) is 0 Å². The van der Waals surface area contributed by atoms with Crippen molar-refractivity contribution in [1.29, 1.82) is 0 Å². The van der Waals surface area contributed by atoms with E-state index in [1.165, 1.54) is 31.4 Å². The average Bonchev–Trinajstić information content (AvgIpc) is 2.42. The Kier molecular flexibility index (Phi) is 5.08. The highest BCUT2D eigenvalue weighted by atomic mass is 16.5. The number of benzene rings is 1. The van der Waals surface area contributed by atoms with E-state index in [9.17, 15) is 0 Å². The normalized spacial score (nSPS) is 20.3. The van der Waals surface area contributed by atoms with Gasteiger partial charge in [-0.1, -0.05) is 12.5 Å². The molecule has 1 aliphatic rings. The highest BCUT2D eigenvalue weighted by Crippen LogP contribution is 2.29. The maximum atomic E-state index is 5.64. The van der Waals surface area contributed by atoms with E-state index in [1.54, 1.807) is 7.11 Å². The summed E-state index contributed by atoms with van der Waals surface area (Å²) in [7, 11) is 1.68. The van der Waals surface area contributed by atoms with Gasteiger partial charge in [0.05, 0.1) is 13.7 Å². The van der Waals surface area contributed by atoms with Crippen LogP contribution in [0.15, 0.2) is 18.2 Å². The van der Waals surface area contributed by atoms with Gasteiger partial charge in [-0.05, 0) is 50.9 Å². The van der Waals surface area contributed by atoms with Crippen LogP contribution in [0.2, 0.25) is 0 Å². The number of nitrogens with zero attached hydrogens (tertiary/aromatic N) is 1. The van der Waals surface area contributed by atoms with Gasteiger partial charge in [-0.25, -0.2) is 0 Å². The van der Waals surface area contributed by atoms with Crippen molar-refractivity contribution in [2.24, 2.45) is 0 Å². The van der Waals surface area contributed by atoms with E-state index in [1.807, 2.05) is 13.0 Å². The van der Waals surface area contributed by atoms with Crippen molar-refractivity contribution in [3.8, 4) is 11.5 Å². The molecule has 19 heavy (non-hydrogen) atoms. The minimum Gasteiger partial charge on any atom is -0.493 e. The highest BCUT2D eigenvalue weighted by Gasteiger charge is 2.18. The van der Waals surface area contributed by atoms with Crippen LogP contribution in [0.4, 0.5) is 0 Å². The lowest BCUT2D eigenvalue weighted by Gasteiger charge is -2.33. The van der Waals surface area contributed by atoms with E-state index >= 15 is 0 Å². The van der Waals surface area contributed by atoms with Gasteiger partial charge in [0.2, 0.25) is 0 Å². The summed E-state index contributed by atoms with van der Waals surface area (Å²) in [6.45, 7) is 7.20. The Morgan fingerprint density at radius 2 is 2.11 bits per heavy atom. The first-order chi connectivity index (χ1) is 9.24. The maximum absolute atomic E-state index is 5.64. The van der Waals surface area contributed by atoms with Crippen LogP contribution in [0.25, 0.3) is 0 Å². The Bertz CT molecular complexity index is 406. The molecule has 106 valence electrons. The van der Waals surface area contributed by atoms with Gasteiger partial charge in [0, 0.05) is 12.6 Å². The molecule has 1 heterocycles.